The van der Waals surface area contributed by atoms with Crippen LogP contribution in [-0.2, 0) is 10.8 Å². The van der Waals surface area contributed by atoms with Crippen LogP contribution in [0.15, 0.2) is 218 Å². The Labute approximate surface area is 367 Å². The molecule has 0 saturated carbocycles. The van der Waals surface area contributed by atoms with Gasteiger partial charge in [0.2, 0.25) is 0 Å². The molecule has 0 N–H and O–H groups in total. The molecule has 1 aromatic heterocycles. The van der Waals surface area contributed by atoms with Gasteiger partial charge in [-0.2, -0.15) is 0 Å². The highest BCUT2D eigenvalue weighted by molar-refractivity contribution is 5.96. The van der Waals surface area contributed by atoms with Gasteiger partial charge in [-0.05, 0) is 90.9 Å². The quantitative estimate of drug-likeness (QED) is 0.178. The number of rotatable bonds is 4. The number of aryl methyl sites for hydroxylation is 1. The topological polar surface area (TPSA) is 38.7 Å². The third-order valence-electron chi connectivity index (χ3n) is 13.9. The van der Waals surface area contributed by atoms with Crippen LogP contribution in [0.25, 0.3) is 67.5 Å². The lowest BCUT2D eigenvalue weighted by atomic mass is 9.51. The summed E-state index contributed by atoms with van der Waals surface area (Å²) in [6.45, 7) is 2.10. The van der Waals surface area contributed by atoms with Crippen LogP contribution in [0.2, 0.25) is 0 Å². The van der Waals surface area contributed by atoms with E-state index in [1.54, 1.807) is 0 Å². The molecule has 294 valence electrons. The molecule has 13 rings (SSSR count). The Morgan fingerprint density at radius 1 is 0.270 bits per heavy atom. The summed E-state index contributed by atoms with van der Waals surface area (Å²) in [5.74, 6) is 1.93. The third-order valence-corrected chi connectivity index (χ3v) is 13.9. The average Bonchev–Trinajstić information content (AvgIpc) is 3.82. The molecule has 0 bridgehead atoms. The largest absolute Gasteiger partial charge is 0.208 e. The number of nitrogens with zero attached hydrogens (tertiary/aromatic N) is 3. The van der Waals surface area contributed by atoms with Gasteiger partial charge < -0.3 is 0 Å². The standard InChI is InChI=1S/C60H39N3/c1-38-33-35-40(36-34-38)57-61-56(39-17-3-2-4-18-39)62-58(63-57)42-20-15-19-41(37-42)43-25-16-32-54-55(43)60(50-28-11-7-23-46(50)47-24-8-12-29-51(47)60)53-31-14-13-30-52(53)59(54)48-26-9-5-21-44(48)45-22-6-10-27-49(45)59/h2-37H,1H3. The molecule has 0 unspecified atom stereocenters. The first-order valence-electron chi connectivity index (χ1n) is 21.8. The normalized spacial score (nSPS) is 14.0. The molecule has 10 aromatic rings. The molecule has 3 aliphatic carbocycles. The molecule has 0 fully saturated rings. The summed E-state index contributed by atoms with van der Waals surface area (Å²) in [6.07, 6.45) is 0. The lowest BCUT2D eigenvalue weighted by molar-refractivity contribution is 0.634. The van der Waals surface area contributed by atoms with Crippen molar-refractivity contribution in [1.82, 2.24) is 15.0 Å². The molecule has 3 heteroatoms. The van der Waals surface area contributed by atoms with Crippen molar-refractivity contribution < 1.29 is 0 Å². The van der Waals surface area contributed by atoms with E-state index in [0.717, 1.165) is 22.3 Å². The van der Waals surface area contributed by atoms with Crippen molar-refractivity contribution in [1.29, 1.82) is 0 Å². The molecule has 9 aromatic carbocycles. The zero-order valence-electron chi connectivity index (χ0n) is 34.6. The Morgan fingerprint density at radius 2 is 0.635 bits per heavy atom. The second-order valence-corrected chi connectivity index (χ2v) is 17.1. The second-order valence-electron chi connectivity index (χ2n) is 17.1. The summed E-state index contributed by atoms with van der Waals surface area (Å²) in [7, 11) is 0. The van der Waals surface area contributed by atoms with Crippen molar-refractivity contribution in [3.05, 3.63) is 268 Å². The summed E-state index contributed by atoms with van der Waals surface area (Å²) < 4.78 is 0. The average molecular weight is 802 g/mol. The number of hydrogen-bond donors (Lipinski definition) is 0. The van der Waals surface area contributed by atoms with E-state index in [1.165, 1.54) is 77.9 Å². The molecule has 63 heavy (non-hydrogen) atoms. The van der Waals surface area contributed by atoms with Gasteiger partial charge in [0, 0.05) is 16.7 Å². The van der Waals surface area contributed by atoms with Crippen LogP contribution >= 0.6 is 0 Å². The van der Waals surface area contributed by atoms with Crippen LogP contribution in [0.3, 0.4) is 0 Å². The van der Waals surface area contributed by atoms with E-state index in [2.05, 4.69) is 207 Å². The van der Waals surface area contributed by atoms with Crippen molar-refractivity contribution in [3.63, 3.8) is 0 Å². The molecule has 0 saturated heterocycles. The van der Waals surface area contributed by atoms with Gasteiger partial charge in [-0.15, -0.1) is 0 Å². The molecular formula is C60H39N3. The van der Waals surface area contributed by atoms with E-state index < -0.39 is 10.8 Å². The lowest BCUT2D eigenvalue weighted by Crippen LogP contribution is -2.44. The van der Waals surface area contributed by atoms with Gasteiger partial charge in [0.25, 0.3) is 0 Å². The highest BCUT2D eigenvalue weighted by Gasteiger charge is 2.59. The molecule has 3 nitrogen and oxygen atoms in total. The zero-order valence-corrected chi connectivity index (χ0v) is 34.6. The van der Waals surface area contributed by atoms with E-state index in [0.29, 0.717) is 17.5 Å². The molecule has 0 radical (unpaired) electrons. The van der Waals surface area contributed by atoms with E-state index in [4.69, 9.17) is 15.0 Å². The van der Waals surface area contributed by atoms with Gasteiger partial charge in [-0.1, -0.05) is 218 Å². The fourth-order valence-corrected chi connectivity index (χ4v) is 11.4. The van der Waals surface area contributed by atoms with Crippen LogP contribution < -0.4 is 0 Å². The van der Waals surface area contributed by atoms with E-state index in [1.807, 2.05) is 18.2 Å². The second kappa shape index (κ2) is 13.5. The first-order valence-corrected chi connectivity index (χ1v) is 21.8. The van der Waals surface area contributed by atoms with Crippen molar-refractivity contribution >= 4 is 0 Å². The molecule has 2 spiro atoms. The molecular weight excluding hydrogens is 763 g/mol. The SMILES string of the molecule is Cc1ccc(-c2nc(-c3ccccc3)nc(-c3cccc(-c4cccc5c4C4(c6ccccc6-c6ccccc64)c4ccccc4C54c5ccccc5-c5ccccc54)c3)n2)cc1. The Hall–Kier alpha value is -8.01. The molecule has 1 heterocycles. The minimum Gasteiger partial charge on any atom is -0.208 e. The molecule has 0 aliphatic heterocycles. The van der Waals surface area contributed by atoms with Crippen LogP contribution in [0.1, 0.15) is 50.1 Å². The monoisotopic (exact) mass is 801 g/mol. The first-order chi connectivity index (χ1) is 31.2. The van der Waals surface area contributed by atoms with Crippen LogP contribution in [0, 0.1) is 6.92 Å². The van der Waals surface area contributed by atoms with Gasteiger partial charge in [0.05, 0.1) is 10.8 Å². The number of hydrogen-bond acceptors (Lipinski definition) is 3. The molecule has 0 atom stereocenters. The highest BCUT2D eigenvalue weighted by atomic mass is 15.0. The van der Waals surface area contributed by atoms with Crippen molar-refractivity contribution in [2.24, 2.45) is 0 Å². The van der Waals surface area contributed by atoms with Gasteiger partial charge >= 0.3 is 0 Å². The Morgan fingerprint density at radius 3 is 1.19 bits per heavy atom. The number of aromatic nitrogens is 3. The van der Waals surface area contributed by atoms with Crippen LogP contribution in [-0.4, -0.2) is 15.0 Å². The minimum atomic E-state index is -0.615. The highest BCUT2D eigenvalue weighted by Crippen LogP contribution is 2.68. The Balaban J connectivity index is 1.13. The van der Waals surface area contributed by atoms with Crippen LogP contribution in [0.4, 0.5) is 0 Å². The van der Waals surface area contributed by atoms with E-state index in [-0.39, 0.29) is 0 Å². The van der Waals surface area contributed by atoms with E-state index >= 15 is 0 Å². The van der Waals surface area contributed by atoms with Gasteiger partial charge in [-0.25, -0.2) is 15.0 Å². The summed E-state index contributed by atoms with van der Waals surface area (Å²) in [5, 5.41) is 0. The summed E-state index contributed by atoms with van der Waals surface area (Å²) in [5.41, 5.74) is 20.8. The maximum atomic E-state index is 5.20. The van der Waals surface area contributed by atoms with Gasteiger partial charge in [-0.3, -0.25) is 0 Å². The Kier molecular flexibility index (Phi) is 7.65. The maximum absolute atomic E-state index is 5.20. The van der Waals surface area contributed by atoms with Crippen molar-refractivity contribution in [3.8, 4) is 67.5 Å². The summed E-state index contributed by atoms with van der Waals surface area (Å²) in [4.78, 5) is 15.4. The number of fused-ring (bicyclic) bond motifs is 16. The van der Waals surface area contributed by atoms with Gasteiger partial charge in [0.1, 0.15) is 0 Å². The lowest BCUT2D eigenvalue weighted by Gasteiger charge is -2.49. The predicted molar refractivity (Wildman–Crippen MR) is 254 cm³/mol. The van der Waals surface area contributed by atoms with Crippen molar-refractivity contribution in [2.75, 3.05) is 0 Å². The van der Waals surface area contributed by atoms with Crippen molar-refractivity contribution in [2.45, 2.75) is 17.8 Å². The Bertz CT molecular complexity index is 3380. The predicted octanol–water partition coefficient (Wildman–Crippen LogP) is 13.9. The first kappa shape index (κ1) is 35.7. The molecule has 0 amide bonds. The summed E-state index contributed by atoms with van der Waals surface area (Å²) >= 11 is 0. The van der Waals surface area contributed by atoms with E-state index in [9.17, 15) is 0 Å². The molecule has 3 aliphatic rings. The smallest absolute Gasteiger partial charge is 0.164 e. The summed E-state index contributed by atoms with van der Waals surface area (Å²) in [6, 6.07) is 80.2. The maximum Gasteiger partial charge on any atom is 0.164 e. The fourth-order valence-electron chi connectivity index (χ4n) is 11.4. The minimum absolute atomic E-state index is 0.563. The van der Waals surface area contributed by atoms with Crippen LogP contribution in [0.5, 0.6) is 0 Å². The number of benzene rings is 9. The van der Waals surface area contributed by atoms with Gasteiger partial charge in [0.15, 0.2) is 17.5 Å². The zero-order chi connectivity index (χ0) is 41.7. The fraction of sp³-hybridized carbons (Fsp3) is 0.0500. The third kappa shape index (κ3) is 4.88.